The number of aryl methyl sites for hydroxylation is 1. The molecule has 4 heterocycles. The summed E-state index contributed by atoms with van der Waals surface area (Å²) < 4.78 is 20.2. The molecule has 8 heteroatoms. The summed E-state index contributed by atoms with van der Waals surface area (Å²) in [6.07, 6.45) is 3.59. The Morgan fingerprint density at radius 1 is 1.21 bits per heavy atom. The maximum Gasteiger partial charge on any atom is 0.260 e. The monoisotopic (exact) mass is 447 g/mol. The summed E-state index contributed by atoms with van der Waals surface area (Å²) in [5, 5.41) is 6.87. The number of carbonyl (C=O) groups is 1. The van der Waals surface area contributed by atoms with E-state index in [2.05, 4.69) is 15.6 Å². The second-order valence-electron chi connectivity index (χ2n) is 8.45. The van der Waals surface area contributed by atoms with E-state index in [1.165, 1.54) is 19.4 Å². The zero-order valence-electron chi connectivity index (χ0n) is 18.7. The molecule has 2 N–H and O–H groups in total. The number of benzene rings is 1. The van der Waals surface area contributed by atoms with Crippen molar-refractivity contribution >= 4 is 17.5 Å². The number of fused-ring (bicyclic) bond motifs is 1. The van der Waals surface area contributed by atoms with Gasteiger partial charge in [0.2, 0.25) is 0 Å². The molecular formula is C25H26FN5O2. The summed E-state index contributed by atoms with van der Waals surface area (Å²) in [5.41, 5.74) is 2.86. The molecule has 1 amide bonds. The Kier molecular flexibility index (Phi) is 5.68. The first kappa shape index (κ1) is 21.3. The molecule has 0 atom stereocenters. The highest BCUT2D eigenvalue weighted by molar-refractivity contribution is 6.10. The predicted molar refractivity (Wildman–Crippen MR) is 125 cm³/mol. The first-order valence-corrected chi connectivity index (χ1v) is 11.1. The number of nitrogens with one attached hydrogen (secondary N) is 2. The van der Waals surface area contributed by atoms with Crippen LogP contribution in [0.25, 0.3) is 11.3 Å². The van der Waals surface area contributed by atoms with Crippen LogP contribution in [-0.4, -0.2) is 42.1 Å². The lowest BCUT2D eigenvalue weighted by molar-refractivity contribution is 0.0996. The lowest BCUT2D eigenvalue weighted by Gasteiger charge is -2.25. The first-order chi connectivity index (χ1) is 16.0. The number of ether oxygens (including phenoxy) is 1. The number of pyridine rings is 2. The first-order valence-electron chi connectivity index (χ1n) is 11.1. The molecular weight excluding hydrogens is 421 g/mol. The fourth-order valence-corrected chi connectivity index (χ4v) is 4.57. The molecule has 1 aromatic carbocycles. The van der Waals surface area contributed by atoms with Crippen molar-refractivity contribution in [2.24, 2.45) is 0 Å². The standard InChI is InChI=1S/C25H26FN5O2/c1-15-12-21(29-16-6-9-27-10-7-16)30-22(13-15)31-14-18-17(25(31)32)8-11-28-24(18)23-19(26)4-3-5-20(23)33-2/h3-5,8,11-13,16,27H,6-7,9-10,14H2,1-2H3,(H,29,30). The van der Waals surface area contributed by atoms with E-state index >= 15 is 0 Å². The fraction of sp³-hybridized carbons (Fsp3) is 0.320. The third-order valence-electron chi connectivity index (χ3n) is 6.20. The molecule has 0 spiro atoms. The molecule has 7 nitrogen and oxygen atoms in total. The molecule has 33 heavy (non-hydrogen) atoms. The summed E-state index contributed by atoms with van der Waals surface area (Å²) in [5.74, 6) is 1.09. The highest BCUT2D eigenvalue weighted by atomic mass is 19.1. The molecule has 170 valence electrons. The molecule has 3 aromatic rings. The van der Waals surface area contributed by atoms with E-state index < -0.39 is 5.82 Å². The second-order valence-corrected chi connectivity index (χ2v) is 8.45. The van der Waals surface area contributed by atoms with Gasteiger partial charge < -0.3 is 15.4 Å². The minimum Gasteiger partial charge on any atom is -0.496 e. The number of carbonyl (C=O) groups excluding carboxylic acids is 1. The largest absolute Gasteiger partial charge is 0.496 e. The van der Waals surface area contributed by atoms with Crippen molar-refractivity contribution < 1.29 is 13.9 Å². The van der Waals surface area contributed by atoms with Gasteiger partial charge >= 0.3 is 0 Å². The Bertz CT molecular complexity index is 1210. The third-order valence-corrected chi connectivity index (χ3v) is 6.20. The number of hydrogen-bond donors (Lipinski definition) is 2. The van der Waals surface area contributed by atoms with Crippen LogP contribution < -0.4 is 20.3 Å². The Hall–Kier alpha value is -3.52. The molecule has 0 aliphatic carbocycles. The topological polar surface area (TPSA) is 79.4 Å². The van der Waals surface area contributed by atoms with Gasteiger partial charge in [0.15, 0.2) is 0 Å². The van der Waals surface area contributed by atoms with Crippen LogP contribution in [0.3, 0.4) is 0 Å². The SMILES string of the molecule is COc1cccc(F)c1-c1nccc2c1CN(c1cc(C)cc(NC3CCNCC3)n1)C2=O. The van der Waals surface area contributed by atoms with Crippen LogP contribution in [0.1, 0.15) is 34.3 Å². The number of piperidine rings is 1. The highest BCUT2D eigenvalue weighted by Gasteiger charge is 2.33. The number of halogens is 1. The average Bonchev–Trinajstić information content (AvgIpc) is 3.16. The van der Waals surface area contributed by atoms with Crippen LogP contribution in [0.2, 0.25) is 0 Å². The number of amides is 1. The minimum atomic E-state index is -0.441. The Morgan fingerprint density at radius 2 is 2.03 bits per heavy atom. The minimum absolute atomic E-state index is 0.171. The van der Waals surface area contributed by atoms with Crippen LogP contribution in [0.4, 0.5) is 16.0 Å². The van der Waals surface area contributed by atoms with E-state index in [1.54, 1.807) is 23.1 Å². The Labute approximate surface area is 192 Å². The molecule has 2 aliphatic rings. The van der Waals surface area contributed by atoms with E-state index in [1.807, 2.05) is 19.1 Å². The quantitative estimate of drug-likeness (QED) is 0.617. The fourth-order valence-electron chi connectivity index (χ4n) is 4.57. The lowest BCUT2D eigenvalue weighted by atomic mass is 10.0. The Morgan fingerprint density at radius 3 is 2.82 bits per heavy atom. The van der Waals surface area contributed by atoms with E-state index in [0.717, 1.165) is 37.3 Å². The average molecular weight is 448 g/mol. The van der Waals surface area contributed by atoms with Gasteiger partial charge in [-0.15, -0.1) is 0 Å². The molecule has 2 aromatic heterocycles. The van der Waals surface area contributed by atoms with Gasteiger partial charge in [-0.05, 0) is 68.8 Å². The van der Waals surface area contributed by atoms with E-state index in [4.69, 9.17) is 9.72 Å². The number of hydrogen-bond acceptors (Lipinski definition) is 6. The van der Waals surface area contributed by atoms with Crippen LogP contribution >= 0.6 is 0 Å². The maximum absolute atomic E-state index is 14.8. The van der Waals surface area contributed by atoms with Gasteiger partial charge in [0.1, 0.15) is 23.2 Å². The summed E-state index contributed by atoms with van der Waals surface area (Å²) in [6, 6.07) is 10.6. The molecule has 1 saturated heterocycles. The summed E-state index contributed by atoms with van der Waals surface area (Å²) in [4.78, 5) is 24.1. The molecule has 5 rings (SSSR count). The molecule has 0 unspecified atom stereocenters. The van der Waals surface area contributed by atoms with Gasteiger partial charge in [0.25, 0.3) is 5.91 Å². The number of methoxy groups -OCH3 is 1. The van der Waals surface area contributed by atoms with Gasteiger partial charge in [0, 0.05) is 23.4 Å². The Balaban J connectivity index is 1.50. The molecule has 2 aliphatic heterocycles. The van der Waals surface area contributed by atoms with Crippen molar-refractivity contribution in [1.82, 2.24) is 15.3 Å². The van der Waals surface area contributed by atoms with Crippen molar-refractivity contribution in [3.05, 3.63) is 65.1 Å². The summed E-state index contributed by atoms with van der Waals surface area (Å²) in [7, 11) is 1.49. The van der Waals surface area contributed by atoms with Crippen LogP contribution in [0, 0.1) is 12.7 Å². The number of rotatable bonds is 5. The van der Waals surface area contributed by atoms with Crippen LogP contribution in [0.15, 0.2) is 42.6 Å². The number of aromatic nitrogens is 2. The summed E-state index contributed by atoms with van der Waals surface area (Å²) in [6.45, 7) is 4.21. The van der Waals surface area contributed by atoms with Gasteiger partial charge in [-0.3, -0.25) is 14.7 Å². The zero-order valence-corrected chi connectivity index (χ0v) is 18.7. The van der Waals surface area contributed by atoms with E-state index in [-0.39, 0.29) is 18.0 Å². The highest BCUT2D eigenvalue weighted by Crippen LogP contribution is 2.38. The summed E-state index contributed by atoms with van der Waals surface area (Å²) >= 11 is 0. The maximum atomic E-state index is 14.8. The van der Waals surface area contributed by atoms with Crippen molar-refractivity contribution in [2.75, 3.05) is 30.4 Å². The van der Waals surface area contributed by atoms with Crippen LogP contribution in [-0.2, 0) is 6.54 Å². The number of nitrogens with zero attached hydrogens (tertiary/aromatic N) is 3. The van der Waals surface area contributed by atoms with Crippen molar-refractivity contribution in [3.8, 4) is 17.0 Å². The van der Waals surface area contributed by atoms with Gasteiger partial charge in [-0.1, -0.05) is 6.07 Å². The molecule has 0 radical (unpaired) electrons. The van der Waals surface area contributed by atoms with E-state index in [9.17, 15) is 9.18 Å². The molecule has 1 fully saturated rings. The third kappa shape index (κ3) is 4.02. The predicted octanol–water partition coefficient (Wildman–Crippen LogP) is 3.92. The molecule has 0 saturated carbocycles. The normalized spacial score (nSPS) is 16.1. The van der Waals surface area contributed by atoms with Gasteiger partial charge in [-0.2, -0.15) is 0 Å². The zero-order chi connectivity index (χ0) is 22.9. The molecule has 0 bridgehead atoms. The van der Waals surface area contributed by atoms with Crippen molar-refractivity contribution in [3.63, 3.8) is 0 Å². The lowest BCUT2D eigenvalue weighted by Crippen LogP contribution is -2.35. The smallest absolute Gasteiger partial charge is 0.260 e. The van der Waals surface area contributed by atoms with Gasteiger partial charge in [-0.25, -0.2) is 9.37 Å². The van der Waals surface area contributed by atoms with Gasteiger partial charge in [0.05, 0.1) is 24.9 Å². The number of anilines is 2. The van der Waals surface area contributed by atoms with E-state index in [0.29, 0.717) is 34.4 Å². The van der Waals surface area contributed by atoms with Crippen molar-refractivity contribution in [1.29, 1.82) is 0 Å². The second kappa shape index (κ2) is 8.78. The van der Waals surface area contributed by atoms with Crippen LogP contribution in [0.5, 0.6) is 5.75 Å². The van der Waals surface area contributed by atoms with Crippen molar-refractivity contribution in [2.45, 2.75) is 32.4 Å².